The van der Waals surface area contributed by atoms with Crippen molar-refractivity contribution in [2.75, 3.05) is 13.9 Å². The van der Waals surface area contributed by atoms with E-state index in [4.69, 9.17) is 18.6 Å². The number of ether oxygens (including phenoxy) is 3. The van der Waals surface area contributed by atoms with E-state index in [1.807, 2.05) is 36.4 Å². The van der Waals surface area contributed by atoms with Crippen molar-refractivity contribution < 1.29 is 28.5 Å². The van der Waals surface area contributed by atoms with Crippen molar-refractivity contribution in [3.05, 3.63) is 88.2 Å². The summed E-state index contributed by atoms with van der Waals surface area (Å²) in [6.07, 6.45) is 0. The molecule has 1 N–H and O–H groups in total. The molecular formula is C27H19NO7. The van der Waals surface area contributed by atoms with Crippen LogP contribution in [-0.2, 0) is 6.54 Å². The predicted molar refractivity (Wildman–Crippen MR) is 129 cm³/mol. The quantitative estimate of drug-likeness (QED) is 0.391. The zero-order valence-corrected chi connectivity index (χ0v) is 18.6. The van der Waals surface area contributed by atoms with Crippen molar-refractivity contribution in [1.29, 1.82) is 0 Å². The fourth-order valence-electron chi connectivity index (χ4n) is 4.61. The van der Waals surface area contributed by atoms with Crippen LogP contribution in [0.2, 0.25) is 0 Å². The first-order valence-electron chi connectivity index (χ1n) is 10.9. The Kier molecular flexibility index (Phi) is 4.74. The minimum absolute atomic E-state index is 0.0745. The molecule has 0 unspecified atom stereocenters. The number of aromatic nitrogens is 1. The molecule has 0 saturated carbocycles. The normalized spacial score (nSPS) is 12.4. The van der Waals surface area contributed by atoms with Crippen molar-refractivity contribution >= 4 is 28.0 Å². The third kappa shape index (κ3) is 3.22. The Morgan fingerprint density at radius 3 is 2.63 bits per heavy atom. The van der Waals surface area contributed by atoms with Gasteiger partial charge in [0.1, 0.15) is 16.9 Å². The summed E-state index contributed by atoms with van der Waals surface area (Å²) in [5.74, 6) is 0.271. The summed E-state index contributed by atoms with van der Waals surface area (Å²) in [4.78, 5) is 26.3. The number of methoxy groups -OCH3 is 1. The number of hydrogen-bond acceptors (Lipinski definition) is 6. The Hall–Kier alpha value is -4.72. The molecule has 0 bridgehead atoms. The molecule has 0 saturated heterocycles. The molecule has 8 nitrogen and oxygen atoms in total. The van der Waals surface area contributed by atoms with Crippen LogP contribution in [0.25, 0.3) is 33.2 Å². The van der Waals surface area contributed by atoms with Gasteiger partial charge in [0, 0.05) is 16.5 Å². The van der Waals surface area contributed by atoms with Gasteiger partial charge in [0.15, 0.2) is 17.1 Å². The van der Waals surface area contributed by atoms with Crippen molar-refractivity contribution in [2.24, 2.45) is 0 Å². The number of benzene rings is 3. The maximum atomic E-state index is 13.8. The lowest BCUT2D eigenvalue weighted by atomic mass is 9.98. The molecule has 174 valence electrons. The van der Waals surface area contributed by atoms with E-state index < -0.39 is 11.5 Å². The number of para-hydroxylation sites is 2. The highest BCUT2D eigenvalue weighted by molar-refractivity contribution is 6.12. The second-order valence-electron chi connectivity index (χ2n) is 8.10. The Labute approximate surface area is 198 Å². The Morgan fingerprint density at radius 1 is 1.03 bits per heavy atom. The molecule has 6 rings (SSSR count). The minimum atomic E-state index is -1.35. The van der Waals surface area contributed by atoms with Crippen LogP contribution in [0.3, 0.4) is 0 Å². The summed E-state index contributed by atoms with van der Waals surface area (Å²) < 4.78 is 24.0. The average molecular weight is 469 g/mol. The van der Waals surface area contributed by atoms with Crippen LogP contribution < -0.4 is 19.8 Å². The SMILES string of the molecule is COc1ccccc1Cn1c(=O)c(C(=O)O)c(-c2ccc3c(c2)OCO3)c2oc3ccccc3c21. The standard InChI is InChI=1S/C27H19NO7/c1-32-18-8-4-2-6-16(18)13-28-24-17-7-3-5-9-19(17)35-25(24)22(23(26(28)29)27(30)31)15-10-11-20-21(12-15)34-14-33-20/h2-12H,13-14H2,1H3,(H,30,31). The monoisotopic (exact) mass is 469 g/mol. The molecular weight excluding hydrogens is 450 g/mol. The number of hydrogen-bond donors (Lipinski definition) is 1. The van der Waals surface area contributed by atoms with Crippen molar-refractivity contribution in [1.82, 2.24) is 4.57 Å². The first-order chi connectivity index (χ1) is 17.1. The maximum Gasteiger partial charge on any atom is 0.342 e. The number of rotatable bonds is 5. The largest absolute Gasteiger partial charge is 0.496 e. The van der Waals surface area contributed by atoms with E-state index in [-0.39, 0.29) is 24.5 Å². The van der Waals surface area contributed by atoms with Crippen molar-refractivity contribution in [3.63, 3.8) is 0 Å². The van der Waals surface area contributed by atoms with Gasteiger partial charge in [-0.05, 0) is 35.9 Å². The van der Waals surface area contributed by atoms with Crippen LogP contribution in [0.4, 0.5) is 0 Å². The summed E-state index contributed by atoms with van der Waals surface area (Å²) in [6, 6.07) is 19.7. The van der Waals surface area contributed by atoms with Crippen molar-refractivity contribution in [2.45, 2.75) is 6.54 Å². The van der Waals surface area contributed by atoms with Gasteiger partial charge in [0.2, 0.25) is 6.79 Å². The first kappa shape index (κ1) is 20.9. The fourth-order valence-corrected chi connectivity index (χ4v) is 4.61. The molecule has 1 aliphatic heterocycles. The van der Waals surface area contributed by atoms with E-state index in [2.05, 4.69) is 0 Å². The summed E-state index contributed by atoms with van der Waals surface area (Å²) in [5.41, 5.74) is 1.74. The molecule has 3 aromatic carbocycles. The number of pyridine rings is 1. The van der Waals surface area contributed by atoms with Gasteiger partial charge in [-0.3, -0.25) is 9.36 Å². The third-order valence-corrected chi connectivity index (χ3v) is 6.17. The van der Waals surface area contributed by atoms with Gasteiger partial charge >= 0.3 is 5.97 Å². The van der Waals surface area contributed by atoms with Crippen LogP contribution >= 0.6 is 0 Å². The Balaban J connectivity index is 1.72. The molecule has 1 aliphatic rings. The molecule has 0 amide bonds. The zero-order chi connectivity index (χ0) is 24.1. The van der Waals surface area contributed by atoms with Gasteiger partial charge in [-0.1, -0.05) is 36.4 Å². The molecule has 35 heavy (non-hydrogen) atoms. The molecule has 0 aliphatic carbocycles. The summed E-state index contributed by atoms with van der Waals surface area (Å²) in [7, 11) is 1.55. The van der Waals surface area contributed by atoms with Crippen LogP contribution in [0, 0.1) is 0 Å². The molecule has 3 heterocycles. The molecule has 5 aromatic rings. The molecule has 0 radical (unpaired) electrons. The van der Waals surface area contributed by atoms with Gasteiger partial charge in [0.25, 0.3) is 5.56 Å². The van der Waals surface area contributed by atoms with E-state index in [1.165, 1.54) is 4.57 Å². The number of nitrogens with zero attached hydrogens (tertiary/aromatic N) is 1. The van der Waals surface area contributed by atoms with E-state index >= 15 is 0 Å². The van der Waals surface area contributed by atoms with Gasteiger partial charge < -0.3 is 23.7 Å². The zero-order valence-electron chi connectivity index (χ0n) is 18.6. The fraction of sp³-hybridized carbons (Fsp3) is 0.111. The van der Waals surface area contributed by atoms with Gasteiger partial charge in [-0.2, -0.15) is 0 Å². The Morgan fingerprint density at radius 2 is 1.80 bits per heavy atom. The number of carboxylic acids is 1. The summed E-state index contributed by atoms with van der Waals surface area (Å²) >= 11 is 0. The van der Waals surface area contributed by atoms with Gasteiger partial charge in [0.05, 0.1) is 19.2 Å². The molecule has 0 atom stereocenters. The smallest absolute Gasteiger partial charge is 0.342 e. The van der Waals surface area contributed by atoms with Gasteiger partial charge in [-0.25, -0.2) is 4.79 Å². The topological polar surface area (TPSA) is 100 Å². The lowest BCUT2D eigenvalue weighted by molar-refractivity contribution is 0.0695. The molecule has 0 fully saturated rings. The van der Waals surface area contributed by atoms with Crippen molar-refractivity contribution in [3.8, 4) is 28.4 Å². The van der Waals surface area contributed by atoms with Crippen LogP contribution in [-0.4, -0.2) is 29.5 Å². The second kappa shape index (κ2) is 7.95. The van der Waals surface area contributed by atoms with E-state index in [1.54, 1.807) is 37.4 Å². The number of carbonyl (C=O) groups is 1. The van der Waals surface area contributed by atoms with Crippen LogP contribution in [0.15, 0.2) is 75.9 Å². The summed E-state index contributed by atoms with van der Waals surface area (Å²) in [6.45, 7) is 0.176. The molecule has 2 aromatic heterocycles. The third-order valence-electron chi connectivity index (χ3n) is 6.17. The average Bonchev–Trinajstić information content (AvgIpc) is 3.49. The predicted octanol–water partition coefficient (Wildman–Crippen LogP) is 4.90. The number of fused-ring (bicyclic) bond motifs is 4. The summed E-state index contributed by atoms with van der Waals surface area (Å²) in [5, 5.41) is 10.9. The first-order valence-corrected chi connectivity index (χ1v) is 10.9. The molecule has 8 heteroatoms. The second-order valence-corrected chi connectivity index (χ2v) is 8.10. The lowest BCUT2D eigenvalue weighted by Crippen LogP contribution is -2.28. The molecule has 0 spiro atoms. The van der Waals surface area contributed by atoms with E-state index in [0.29, 0.717) is 44.9 Å². The van der Waals surface area contributed by atoms with Crippen LogP contribution in [0.5, 0.6) is 17.2 Å². The highest BCUT2D eigenvalue weighted by atomic mass is 16.7. The van der Waals surface area contributed by atoms with E-state index in [9.17, 15) is 14.7 Å². The maximum absolute atomic E-state index is 13.8. The highest BCUT2D eigenvalue weighted by Crippen LogP contribution is 2.41. The minimum Gasteiger partial charge on any atom is -0.496 e. The van der Waals surface area contributed by atoms with E-state index in [0.717, 1.165) is 5.56 Å². The number of aromatic carboxylic acids is 1. The highest BCUT2D eigenvalue weighted by Gasteiger charge is 2.28. The Bertz CT molecular complexity index is 1700. The number of carboxylic acid groups (broad SMARTS) is 1. The lowest BCUT2D eigenvalue weighted by Gasteiger charge is -2.15. The van der Waals surface area contributed by atoms with Crippen LogP contribution in [0.1, 0.15) is 15.9 Å². The number of furan rings is 1. The van der Waals surface area contributed by atoms with Gasteiger partial charge in [-0.15, -0.1) is 0 Å².